The van der Waals surface area contributed by atoms with Crippen molar-refractivity contribution in [1.82, 2.24) is 4.57 Å². The van der Waals surface area contributed by atoms with Gasteiger partial charge in [-0.25, -0.2) is 4.79 Å². The van der Waals surface area contributed by atoms with Crippen molar-refractivity contribution in [2.24, 2.45) is 0 Å². The highest BCUT2D eigenvalue weighted by Crippen LogP contribution is 2.28. The highest BCUT2D eigenvalue weighted by atomic mass is 79.9. The second-order valence-corrected chi connectivity index (χ2v) is 6.04. The van der Waals surface area contributed by atoms with Crippen LogP contribution in [0.2, 0.25) is 0 Å². The SMILES string of the molecule is CC(C)(C)OC(=O)n1cc(C=O)c2c(Br)cccc21. The molecule has 19 heavy (non-hydrogen) atoms. The van der Waals surface area contributed by atoms with E-state index in [0.29, 0.717) is 16.5 Å². The van der Waals surface area contributed by atoms with Crippen LogP contribution in [0.4, 0.5) is 4.79 Å². The molecule has 0 aliphatic carbocycles. The van der Waals surface area contributed by atoms with E-state index in [1.54, 1.807) is 26.8 Å². The number of ether oxygens (including phenoxy) is 1. The van der Waals surface area contributed by atoms with E-state index in [4.69, 9.17) is 4.74 Å². The highest BCUT2D eigenvalue weighted by molar-refractivity contribution is 9.10. The summed E-state index contributed by atoms with van der Waals surface area (Å²) in [5.41, 5.74) is 0.514. The summed E-state index contributed by atoms with van der Waals surface area (Å²) in [4.78, 5) is 23.2. The van der Waals surface area contributed by atoms with Crippen molar-refractivity contribution < 1.29 is 14.3 Å². The lowest BCUT2D eigenvalue weighted by Gasteiger charge is -2.19. The molecule has 0 aliphatic heterocycles. The number of hydrogen-bond donors (Lipinski definition) is 0. The van der Waals surface area contributed by atoms with Gasteiger partial charge in [0.25, 0.3) is 0 Å². The first-order valence-corrected chi connectivity index (χ1v) is 6.61. The van der Waals surface area contributed by atoms with E-state index in [9.17, 15) is 9.59 Å². The van der Waals surface area contributed by atoms with E-state index >= 15 is 0 Å². The Labute approximate surface area is 119 Å². The molecule has 2 aromatic rings. The van der Waals surface area contributed by atoms with E-state index in [1.165, 1.54) is 10.8 Å². The van der Waals surface area contributed by atoms with Crippen LogP contribution in [0.5, 0.6) is 0 Å². The number of aromatic nitrogens is 1. The average Bonchev–Trinajstić information content (AvgIpc) is 2.67. The summed E-state index contributed by atoms with van der Waals surface area (Å²) >= 11 is 3.39. The Morgan fingerprint density at radius 1 is 1.37 bits per heavy atom. The Balaban J connectivity index is 2.59. The Hall–Kier alpha value is -1.62. The van der Waals surface area contributed by atoms with Gasteiger partial charge in [0.2, 0.25) is 0 Å². The van der Waals surface area contributed by atoms with Crippen molar-refractivity contribution in [2.45, 2.75) is 26.4 Å². The molecule has 2 rings (SSSR count). The van der Waals surface area contributed by atoms with Crippen molar-refractivity contribution in [3.05, 3.63) is 34.4 Å². The van der Waals surface area contributed by atoms with Gasteiger partial charge in [-0.15, -0.1) is 0 Å². The Bertz CT molecular complexity index is 652. The molecular weight excluding hydrogens is 310 g/mol. The minimum atomic E-state index is -0.582. The molecule has 0 fully saturated rings. The molecule has 0 radical (unpaired) electrons. The van der Waals surface area contributed by atoms with Gasteiger partial charge < -0.3 is 4.74 Å². The zero-order valence-corrected chi connectivity index (χ0v) is 12.5. The summed E-state index contributed by atoms with van der Waals surface area (Å²) in [5, 5.41) is 0.711. The van der Waals surface area contributed by atoms with E-state index in [-0.39, 0.29) is 0 Å². The number of rotatable bonds is 1. The van der Waals surface area contributed by atoms with Crippen molar-refractivity contribution in [3.8, 4) is 0 Å². The van der Waals surface area contributed by atoms with Crippen molar-refractivity contribution in [3.63, 3.8) is 0 Å². The third-order valence-electron chi connectivity index (χ3n) is 2.53. The van der Waals surface area contributed by atoms with Gasteiger partial charge in [-0.2, -0.15) is 0 Å². The van der Waals surface area contributed by atoms with Crippen LogP contribution in [0.1, 0.15) is 31.1 Å². The summed E-state index contributed by atoms with van der Waals surface area (Å²) in [6.45, 7) is 5.40. The second kappa shape index (κ2) is 4.81. The molecule has 0 unspecified atom stereocenters. The average molecular weight is 324 g/mol. The maximum Gasteiger partial charge on any atom is 0.419 e. The number of nitrogens with zero attached hydrogens (tertiary/aromatic N) is 1. The molecule has 100 valence electrons. The molecule has 0 saturated heterocycles. The van der Waals surface area contributed by atoms with Crippen LogP contribution in [-0.4, -0.2) is 22.5 Å². The lowest BCUT2D eigenvalue weighted by molar-refractivity contribution is 0.0544. The minimum Gasteiger partial charge on any atom is -0.443 e. The molecule has 0 amide bonds. The first kappa shape index (κ1) is 13.8. The van der Waals surface area contributed by atoms with Crippen LogP contribution < -0.4 is 0 Å². The highest BCUT2D eigenvalue weighted by Gasteiger charge is 2.21. The Kier molecular flexibility index (Phi) is 3.49. The number of carbonyl (C=O) groups excluding carboxylic acids is 2. The van der Waals surface area contributed by atoms with E-state index in [0.717, 1.165) is 10.8 Å². The number of aldehydes is 1. The summed E-state index contributed by atoms with van der Waals surface area (Å²) in [5.74, 6) is 0. The van der Waals surface area contributed by atoms with Crippen LogP contribution in [-0.2, 0) is 4.74 Å². The van der Waals surface area contributed by atoms with E-state index in [1.807, 2.05) is 12.1 Å². The molecule has 0 spiro atoms. The lowest BCUT2D eigenvalue weighted by Crippen LogP contribution is -2.26. The zero-order chi connectivity index (χ0) is 14.2. The van der Waals surface area contributed by atoms with Gasteiger partial charge in [0.1, 0.15) is 5.60 Å². The first-order chi connectivity index (χ1) is 8.83. The standard InChI is InChI=1S/C14H14BrNO3/c1-14(2,3)19-13(18)16-7-9(8-17)12-10(15)5-4-6-11(12)16/h4-8H,1-3H3. The smallest absolute Gasteiger partial charge is 0.419 e. The summed E-state index contributed by atoms with van der Waals surface area (Å²) in [7, 11) is 0. The van der Waals surface area contributed by atoms with Crippen molar-refractivity contribution in [2.75, 3.05) is 0 Å². The molecule has 1 aromatic carbocycles. The molecule has 0 bridgehead atoms. The molecule has 0 N–H and O–H groups in total. The van der Waals surface area contributed by atoms with Crippen LogP contribution in [0, 0.1) is 0 Å². The summed E-state index contributed by atoms with van der Waals surface area (Å²) in [6.07, 6.45) is 1.73. The zero-order valence-electron chi connectivity index (χ0n) is 10.9. The third-order valence-corrected chi connectivity index (χ3v) is 3.19. The fraction of sp³-hybridized carbons (Fsp3) is 0.286. The molecular formula is C14H14BrNO3. The van der Waals surface area contributed by atoms with Gasteiger partial charge in [-0.3, -0.25) is 9.36 Å². The predicted octanol–water partition coefficient (Wildman–Crippen LogP) is 4.00. The quantitative estimate of drug-likeness (QED) is 0.745. The monoisotopic (exact) mass is 323 g/mol. The first-order valence-electron chi connectivity index (χ1n) is 5.81. The molecule has 0 aliphatic rings. The van der Waals surface area contributed by atoms with Crippen LogP contribution in [0.15, 0.2) is 28.9 Å². The van der Waals surface area contributed by atoms with Gasteiger partial charge in [-0.1, -0.05) is 22.0 Å². The number of carbonyl (C=O) groups is 2. The predicted molar refractivity (Wildman–Crippen MR) is 76.7 cm³/mol. The van der Waals surface area contributed by atoms with E-state index in [2.05, 4.69) is 15.9 Å². The number of halogens is 1. The van der Waals surface area contributed by atoms with E-state index < -0.39 is 11.7 Å². The number of hydrogen-bond acceptors (Lipinski definition) is 3. The minimum absolute atomic E-state index is 0.452. The lowest BCUT2D eigenvalue weighted by atomic mass is 10.2. The maximum atomic E-state index is 12.1. The topological polar surface area (TPSA) is 48.3 Å². The number of benzene rings is 1. The molecule has 0 saturated carbocycles. The second-order valence-electron chi connectivity index (χ2n) is 5.19. The van der Waals surface area contributed by atoms with Gasteiger partial charge in [0, 0.05) is 21.6 Å². The molecule has 1 aromatic heterocycles. The molecule has 5 heteroatoms. The fourth-order valence-electron chi connectivity index (χ4n) is 1.82. The van der Waals surface area contributed by atoms with Gasteiger partial charge >= 0.3 is 6.09 Å². The Morgan fingerprint density at radius 3 is 2.63 bits per heavy atom. The van der Waals surface area contributed by atoms with Crippen LogP contribution >= 0.6 is 15.9 Å². The Morgan fingerprint density at radius 2 is 2.05 bits per heavy atom. The number of fused-ring (bicyclic) bond motifs is 1. The van der Waals surface area contributed by atoms with Gasteiger partial charge in [0.15, 0.2) is 6.29 Å². The van der Waals surface area contributed by atoms with Gasteiger partial charge in [-0.05, 0) is 32.9 Å². The van der Waals surface area contributed by atoms with Crippen molar-refractivity contribution >= 4 is 39.2 Å². The largest absolute Gasteiger partial charge is 0.443 e. The van der Waals surface area contributed by atoms with Gasteiger partial charge in [0.05, 0.1) is 5.52 Å². The summed E-state index contributed by atoms with van der Waals surface area (Å²) < 4.78 is 7.45. The molecule has 0 atom stereocenters. The third kappa shape index (κ3) is 2.71. The molecule has 1 heterocycles. The maximum absolute atomic E-state index is 12.1. The normalized spacial score (nSPS) is 11.6. The van der Waals surface area contributed by atoms with Crippen LogP contribution in [0.25, 0.3) is 10.9 Å². The summed E-state index contributed by atoms with van der Waals surface area (Å²) in [6, 6.07) is 5.41. The molecule has 4 nitrogen and oxygen atoms in total. The van der Waals surface area contributed by atoms with Crippen molar-refractivity contribution in [1.29, 1.82) is 0 Å². The fourth-order valence-corrected chi connectivity index (χ4v) is 2.41. The van der Waals surface area contributed by atoms with Crippen LogP contribution in [0.3, 0.4) is 0 Å².